The van der Waals surface area contributed by atoms with Gasteiger partial charge in [-0.15, -0.1) is 0 Å². The maximum absolute atomic E-state index is 5.66. The molecule has 24 heavy (non-hydrogen) atoms. The summed E-state index contributed by atoms with van der Waals surface area (Å²) in [5.74, 6) is 2.16. The number of amidine groups is 1. The average Bonchev–Trinajstić information content (AvgIpc) is 2.54. The number of benzene rings is 1. The predicted octanol–water partition coefficient (Wildman–Crippen LogP) is 3.37. The molecule has 0 bridgehead atoms. The van der Waals surface area contributed by atoms with E-state index in [2.05, 4.69) is 35.4 Å². The number of nitrogens with one attached hydrogen (secondary N) is 2. The number of hydrogen-bond acceptors (Lipinski definition) is 4. The Balaban J connectivity index is 2.50. The topological polar surface area (TPSA) is 54.9 Å². The highest BCUT2D eigenvalue weighted by Gasteiger charge is 2.04. The Hall–Kier alpha value is -2.69. The molecule has 0 spiro atoms. The first kappa shape index (κ1) is 19.4. The molecule has 5 nitrogen and oxygen atoms in total. The quantitative estimate of drug-likeness (QED) is 0.299. The summed E-state index contributed by atoms with van der Waals surface area (Å²) in [5, 5.41) is 6.31. The van der Waals surface area contributed by atoms with E-state index in [9.17, 15) is 0 Å². The molecule has 0 heterocycles. The Morgan fingerprint density at radius 2 is 1.92 bits per heavy atom. The molecule has 130 valence electrons. The highest BCUT2D eigenvalue weighted by molar-refractivity contribution is 5.98. The largest absolute Gasteiger partial charge is 0.495 e. The Morgan fingerprint density at radius 1 is 1.17 bits per heavy atom. The van der Waals surface area contributed by atoms with Crippen molar-refractivity contribution in [1.29, 1.82) is 0 Å². The van der Waals surface area contributed by atoms with Crippen molar-refractivity contribution in [2.75, 3.05) is 20.3 Å². The molecule has 0 aliphatic heterocycles. The lowest BCUT2D eigenvalue weighted by atomic mass is 10.2. The first-order chi connectivity index (χ1) is 11.4. The van der Waals surface area contributed by atoms with Gasteiger partial charge in [-0.3, -0.25) is 4.99 Å². The van der Waals surface area contributed by atoms with Crippen LogP contribution in [-0.2, 0) is 11.3 Å². The van der Waals surface area contributed by atoms with Crippen molar-refractivity contribution in [2.24, 2.45) is 4.99 Å². The molecule has 1 rings (SSSR count). The molecule has 2 N–H and O–H groups in total. The second-order valence-corrected chi connectivity index (χ2v) is 5.36. The lowest BCUT2D eigenvalue weighted by Crippen LogP contribution is -2.29. The van der Waals surface area contributed by atoms with Crippen molar-refractivity contribution in [3.63, 3.8) is 0 Å². The first-order valence-electron chi connectivity index (χ1n) is 7.75. The molecule has 1 aromatic carbocycles. The van der Waals surface area contributed by atoms with Gasteiger partial charge in [0.1, 0.15) is 24.8 Å². The maximum Gasteiger partial charge on any atom is 0.148 e. The van der Waals surface area contributed by atoms with Gasteiger partial charge >= 0.3 is 0 Å². The average molecular weight is 329 g/mol. The summed E-state index contributed by atoms with van der Waals surface area (Å²) < 4.78 is 10.9. The van der Waals surface area contributed by atoms with Crippen molar-refractivity contribution in [1.82, 2.24) is 10.6 Å². The van der Waals surface area contributed by atoms with Crippen LogP contribution in [0.1, 0.15) is 19.4 Å². The minimum atomic E-state index is 0.478. The van der Waals surface area contributed by atoms with Gasteiger partial charge in [-0.2, -0.15) is 0 Å². The van der Waals surface area contributed by atoms with Gasteiger partial charge in [-0.1, -0.05) is 31.9 Å². The van der Waals surface area contributed by atoms with E-state index in [0.29, 0.717) is 37.1 Å². The van der Waals surface area contributed by atoms with Gasteiger partial charge in [0.25, 0.3) is 0 Å². The predicted molar refractivity (Wildman–Crippen MR) is 100.0 cm³/mol. The third-order valence-corrected chi connectivity index (χ3v) is 2.95. The fourth-order valence-electron chi connectivity index (χ4n) is 1.88. The molecular weight excluding hydrogens is 302 g/mol. The van der Waals surface area contributed by atoms with Crippen molar-refractivity contribution in [3.05, 3.63) is 66.7 Å². The van der Waals surface area contributed by atoms with E-state index in [4.69, 9.17) is 9.47 Å². The third kappa shape index (κ3) is 7.54. The van der Waals surface area contributed by atoms with Gasteiger partial charge in [0.05, 0.1) is 11.5 Å². The Kier molecular flexibility index (Phi) is 8.19. The number of ether oxygens (including phenoxy) is 2. The van der Waals surface area contributed by atoms with Crippen molar-refractivity contribution in [2.45, 2.75) is 20.4 Å². The van der Waals surface area contributed by atoms with Crippen molar-refractivity contribution < 1.29 is 9.47 Å². The van der Waals surface area contributed by atoms with Crippen LogP contribution in [0.3, 0.4) is 0 Å². The summed E-state index contributed by atoms with van der Waals surface area (Å²) in [6.45, 7) is 16.7. The van der Waals surface area contributed by atoms with E-state index in [1.54, 1.807) is 7.05 Å². The fraction of sp³-hybridized carbons (Fsp3) is 0.316. The van der Waals surface area contributed by atoms with Gasteiger partial charge < -0.3 is 20.1 Å². The first-order valence-corrected chi connectivity index (χ1v) is 7.75. The molecule has 0 aliphatic carbocycles. The zero-order valence-electron chi connectivity index (χ0n) is 14.8. The number of nitrogens with zero attached hydrogens (tertiary/aromatic N) is 1. The second-order valence-electron chi connectivity index (χ2n) is 5.36. The van der Waals surface area contributed by atoms with Crippen LogP contribution >= 0.6 is 0 Å². The molecule has 1 aromatic rings. The Bertz CT molecular complexity index is 621. The van der Waals surface area contributed by atoms with Crippen molar-refractivity contribution >= 4 is 5.84 Å². The minimum Gasteiger partial charge on any atom is -0.495 e. The number of aliphatic imine (C=N–C) groups is 1. The fourth-order valence-corrected chi connectivity index (χ4v) is 1.88. The molecule has 0 atom stereocenters. The van der Waals surface area contributed by atoms with Crippen LogP contribution in [0.4, 0.5) is 0 Å². The number of hydrogen-bond donors (Lipinski definition) is 2. The van der Waals surface area contributed by atoms with Crippen LogP contribution in [0.5, 0.6) is 5.75 Å². The summed E-state index contributed by atoms with van der Waals surface area (Å²) in [5.41, 5.74) is 2.60. The summed E-state index contributed by atoms with van der Waals surface area (Å²) in [4.78, 5) is 4.16. The van der Waals surface area contributed by atoms with Crippen LogP contribution < -0.4 is 15.4 Å². The zero-order chi connectivity index (χ0) is 17.9. The number of rotatable bonds is 10. The summed E-state index contributed by atoms with van der Waals surface area (Å²) in [6.07, 6.45) is 0. The Morgan fingerprint density at radius 3 is 2.54 bits per heavy atom. The highest BCUT2D eigenvalue weighted by Crippen LogP contribution is 2.13. The van der Waals surface area contributed by atoms with E-state index >= 15 is 0 Å². The zero-order valence-corrected chi connectivity index (χ0v) is 14.8. The smallest absolute Gasteiger partial charge is 0.148 e. The van der Waals surface area contributed by atoms with Gasteiger partial charge in [0.15, 0.2) is 0 Å². The molecule has 0 aliphatic rings. The van der Waals surface area contributed by atoms with Gasteiger partial charge in [0, 0.05) is 19.3 Å². The molecular formula is C19H27N3O2. The molecule has 5 heteroatoms. The normalized spacial score (nSPS) is 10.7. The van der Waals surface area contributed by atoms with Crippen LogP contribution in [0.25, 0.3) is 0 Å². The molecule has 0 saturated carbocycles. The van der Waals surface area contributed by atoms with E-state index < -0.39 is 0 Å². The maximum atomic E-state index is 5.66. The van der Waals surface area contributed by atoms with Crippen molar-refractivity contribution in [3.8, 4) is 5.75 Å². The molecule has 0 radical (unpaired) electrons. The third-order valence-electron chi connectivity index (χ3n) is 2.95. The van der Waals surface area contributed by atoms with Crippen LogP contribution in [-0.4, -0.2) is 26.1 Å². The molecule has 0 saturated heterocycles. The van der Waals surface area contributed by atoms with Gasteiger partial charge in [-0.25, -0.2) is 0 Å². The monoisotopic (exact) mass is 329 g/mol. The molecule has 0 fully saturated rings. The van der Waals surface area contributed by atoms with Crippen LogP contribution in [0.2, 0.25) is 0 Å². The van der Waals surface area contributed by atoms with E-state index in [0.717, 1.165) is 17.0 Å². The van der Waals surface area contributed by atoms with Crippen LogP contribution in [0.15, 0.2) is 66.1 Å². The molecule has 0 unspecified atom stereocenters. The van der Waals surface area contributed by atoms with Gasteiger partial charge in [-0.05, 0) is 31.5 Å². The summed E-state index contributed by atoms with van der Waals surface area (Å²) in [6, 6.07) is 7.87. The lowest BCUT2D eigenvalue weighted by Gasteiger charge is -2.14. The summed E-state index contributed by atoms with van der Waals surface area (Å²) >= 11 is 0. The molecule has 0 aromatic heterocycles. The Labute approximate surface area is 144 Å². The van der Waals surface area contributed by atoms with Gasteiger partial charge in [0.2, 0.25) is 0 Å². The molecule has 0 amide bonds. The SMILES string of the molecule is C=C(C)NC(=NC)C(=C)NCc1cccc(OCCOC(=C)C)c1. The van der Waals surface area contributed by atoms with Crippen LogP contribution in [0, 0.1) is 0 Å². The van der Waals surface area contributed by atoms with E-state index in [1.165, 1.54) is 0 Å². The van der Waals surface area contributed by atoms with E-state index in [1.807, 2.05) is 38.1 Å². The highest BCUT2D eigenvalue weighted by atomic mass is 16.5. The second kappa shape index (κ2) is 10.2. The summed E-state index contributed by atoms with van der Waals surface area (Å²) in [7, 11) is 1.71. The minimum absolute atomic E-state index is 0.478. The standard InChI is InChI=1S/C19H27N3O2/c1-14(2)22-19(20-6)16(5)21-13-17-8-7-9-18(12-17)24-11-10-23-15(3)4/h7-9,12,21H,1,3,5,10-11,13H2,2,4,6H3,(H,20,22). The van der Waals surface area contributed by atoms with E-state index in [-0.39, 0.29) is 0 Å². The lowest BCUT2D eigenvalue weighted by molar-refractivity contribution is 0.158. The number of allylic oxidation sites excluding steroid dienone is 2.